The highest BCUT2D eigenvalue weighted by Gasteiger charge is 2.30. The molecule has 0 aromatic heterocycles. The van der Waals surface area contributed by atoms with Gasteiger partial charge in [0.15, 0.2) is 0 Å². The third-order valence-electron chi connectivity index (χ3n) is 5.93. The van der Waals surface area contributed by atoms with Crippen LogP contribution in [0.4, 0.5) is 0 Å². The number of rotatable bonds is 14. The summed E-state index contributed by atoms with van der Waals surface area (Å²) in [4.78, 5) is 28.6. The average molecular weight is 568 g/mol. The molecule has 1 N–H and O–H groups in total. The minimum absolute atomic E-state index is 0.0779. The van der Waals surface area contributed by atoms with E-state index in [-0.39, 0.29) is 18.2 Å². The number of carbonyl (C=O) groups is 2. The standard InChI is InChI=1S/C30H35BrN2O4/c1-3-18-32-30(35)28(21-23-9-5-4-6-10-23)33(22-24-11-7-12-25(31)20-24)29(34)13-8-19-37-27-16-14-26(36-2)15-17-27/h4-7,9-12,14-17,20,28H,3,8,13,18-19,21-22H2,1-2H3,(H,32,35)/t28-/m1/s1. The van der Waals surface area contributed by atoms with Crippen molar-refractivity contribution in [2.75, 3.05) is 20.3 Å². The highest BCUT2D eigenvalue weighted by Crippen LogP contribution is 2.20. The molecule has 7 heteroatoms. The number of amides is 2. The quantitative estimate of drug-likeness (QED) is 0.251. The predicted octanol–water partition coefficient (Wildman–Crippen LogP) is 5.78. The Balaban J connectivity index is 1.75. The summed E-state index contributed by atoms with van der Waals surface area (Å²) in [5.74, 6) is 1.27. The molecule has 3 rings (SSSR count). The van der Waals surface area contributed by atoms with E-state index in [4.69, 9.17) is 9.47 Å². The maximum atomic E-state index is 13.6. The fourth-order valence-electron chi connectivity index (χ4n) is 3.98. The van der Waals surface area contributed by atoms with E-state index in [2.05, 4.69) is 21.2 Å². The van der Waals surface area contributed by atoms with Gasteiger partial charge in [-0.2, -0.15) is 0 Å². The lowest BCUT2D eigenvalue weighted by Crippen LogP contribution is -2.50. The topological polar surface area (TPSA) is 67.9 Å². The van der Waals surface area contributed by atoms with Gasteiger partial charge >= 0.3 is 0 Å². The molecule has 0 saturated heterocycles. The summed E-state index contributed by atoms with van der Waals surface area (Å²) in [5, 5.41) is 3.01. The zero-order valence-electron chi connectivity index (χ0n) is 21.5. The number of hydrogen-bond donors (Lipinski definition) is 1. The van der Waals surface area contributed by atoms with Crippen LogP contribution >= 0.6 is 15.9 Å². The van der Waals surface area contributed by atoms with Crippen molar-refractivity contribution < 1.29 is 19.1 Å². The van der Waals surface area contributed by atoms with E-state index in [0.717, 1.165) is 33.5 Å². The molecule has 0 fully saturated rings. The van der Waals surface area contributed by atoms with E-state index >= 15 is 0 Å². The van der Waals surface area contributed by atoms with Crippen LogP contribution in [0.2, 0.25) is 0 Å². The Morgan fingerprint density at radius 2 is 1.65 bits per heavy atom. The Labute approximate surface area is 228 Å². The van der Waals surface area contributed by atoms with Crippen LogP contribution in [-0.4, -0.2) is 43.0 Å². The molecule has 0 bridgehead atoms. The number of carbonyl (C=O) groups excluding carboxylic acids is 2. The van der Waals surface area contributed by atoms with Gasteiger partial charge < -0.3 is 19.7 Å². The summed E-state index contributed by atoms with van der Waals surface area (Å²) in [6.45, 7) is 3.32. The number of benzene rings is 3. The number of nitrogens with one attached hydrogen (secondary N) is 1. The maximum Gasteiger partial charge on any atom is 0.243 e. The highest BCUT2D eigenvalue weighted by atomic mass is 79.9. The third kappa shape index (κ3) is 9.25. The normalized spacial score (nSPS) is 11.4. The summed E-state index contributed by atoms with van der Waals surface area (Å²) < 4.78 is 11.9. The lowest BCUT2D eigenvalue weighted by molar-refractivity contribution is -0.141. The second-order valence-corrected chi connectivity index (χ2v) is 9.69. The molecule has 0 aliphatic rings. The van der Waals surface area contributed by atoms with Crippen LogP contribution in [0.5, 0.6) is 11.5 Å². The van der Waals surface area contributed by atoms with Crippen molar-refractivity contribution in [2.45, 2.75) is 45.2 Å². The second-order valence-electron chi connectivity index (χ2n) is 8.78. The smallest absolute Gasteiger partial charge is 0.243 e. The molecule has 3 aromatic carbocycles. The summed E-state index contributed by atoms with van der Waals surface area (Å²) >= 11 is 3.52. The van der Waals surface area contributed by atoms with Gasteiger partial charge in [0.2, 0.25) is 11.8 Å². The first-order valence-electron chi connectivity index (χ1n) is 12.6. The van der Waals surface area contributed by atoms with Gasteiger partial charge in [0.05, 0.1) is 13.7 Å². The predicted molar refractivity (Wildman–Crippen MR) is 150 cm³/mol. The van der Waals surface area contributed by atoms with Gasteiger partial charge in [0.25, 0.3) is 0 Å². The van der Waals surface area contributed by atoms with Gasteiger partial charge in [0.1, 0.15) is 17.5 Å². The lowest BCUT2D eigenvalue weighted by atomic mass is 10.0. The molecule has 2 amide bonds. The van der Waals surface area contributed by atoms with Crippen molar-refractivity contribution in [3.63, 3.8) is 0 Å². The van der Waals surface area contributed by atoms with Crippen molar-refractivity contribution in [3.05, 3.63) is 94.5 Å². The van der Waals surface area contributed by atoms with Crippen LogP contribution < -0.4 is 14.8 Å². The minimum Gasteiger partial charge on any atom is -0.497 e. The first-order valence-corrected chi connectivity index (χ1v) is 13.4. The number of ether oxygens (including phenoxy) is 2. The van der Waals surface area contributed by atoms with Crippen molar-refractivity contribution in [1.29, 1.82) is 0 Å². The van der Waals surface area contributed by atoms with E-state index < -0.39 is 6.04 Å². The first kappa shape index (κ1) is 28.3. The zero-order valence-corrected chi connectivity index (χ0v) is 23.1. The van der Waals surface area contributed by atoms with Crippen LogP contribution in [0.15, 0.2) is 83.3 Å². The maximum absolute atomic E-state index is 13.6. The van der Waals surface area contributed by atoms with Gasteiger partial charge in [0, 0.05) is 30.4 Å². The van der Waals surface area contributed by atoms with Crippen molar-refractivity contribution >= 4 is 27.7 Å². The van der Waals surface area contributed by atoms with E-state index in [1.54, 1.807) is 12.0 Å². The molecule has 0 radical (unpaired) electrons. The molecule has 3 aromatic rings. The lowest BCUT2D eigenvalue weighted by Gasteiger charge is -2.31. The number of halogens is 1. The molecule has 0 aliphatic heterocycles. The number of methoxy groups -OCH3 is 1. The van der Waals surface area contributed by atoms with E-state index in [0.29, 0.717) is 32.5 Å². The summed E-state index contributed by atoms with van der Waals surface area (Å²) in [7, 11) is 1.62. The molecule has 0 unspecified atom stereocenters. The van der Waals surface area contributed by atoms with Crippen LogP contribution in [0.3, 0.4) is 0 Å². The van der Waals surface area contributed by atoms with E-state index in [9.17, 15) is 9.59 Å². The molecule has 196 valence electrons. The van der Waals surface area contributed by atoms with Crippen molar-refractivity contribution in [2.24, 2.45) is 0 Å². The van der Waals surface area contributed by atoms with Gasteiger partial charge in [-0.05, 0) is 60.4 Å². The summed E-state index contributed by atoms with van der Waals surface area (Å²) in [6.07, 6.45) is 2.08. The third-order valence-corrected chi connectivity index (χ3v) is 6.42. The molecule has 0 saturated carbocycles. The summed E-state index contributed by atoms with van der Waals surface area (Å²) in [6, 6.07) is 24.4. The molecular weight excluding hydrogens is 532 g/mol. The number of hydrogen-bond acceptors (Lipinski definition) is 4. The molecule has 6 nitrogen and oxygen atoms in total. The first-order chi connectivity index (χ1) is 18.0. The van der Waals surface area contributed by atoms with Crippen LogP contribution in [0, 0.1) is 0 Å². The Morgan fingerprint density at radius 1 is 0.946 bits per heavy atom. The molecule has 0 heterocycles. The van der Waals surface area contributed by atoms with Gasteiger partial charge in [-0.3, -0.25) is 9.59 Å². The van der Waals surface area contributed by atoms with Gasteiger partial charge in [-0.1, -0.05) is 65.3 Å². The Kier molecular flexibility index (Phi) is 11.5. The van der Waals surface area contributed by atoms with Crippen LogP contribution in [0.25, 0.3) is 0 Å². The monoisotopic (exact) mass is 566 g/mol. The molecule has 0 aliphatic carbocycles. The fraction of sp³-hybridized carbons (Fsp3) is 0.333. The van der Waals surface area contributed by atoms with Crippen LogP contribution in [0.1, 0.15) is 37.3 Å². The average Bonchev–Trinajstić information content (AvgIpc) is 2.92. The van der Waals surface area contributed by atoms with Gasteiger partial charge in [-0.25, -0.2) is 0 Å². The van der Waals surface area contributed by atoms with Crippen LogP contribution in [-0.2, 0) is 22.6 Å². The van der Waals surface area contributed by atoms with Gasteiger partial charge in [-0.15, -0.1) is 0 Å². The zero-order chi connectivity index (χ0) is 26.5. The summed E-state index contributed by atoms with van der Waals surface area (Å²) in [5.41, 5.74) is 1.97. The SMILES string of the molecule is CCCNC(=O)[C@@H](Cc1ccccc1)N(Cc1cccc(Br)c1)C(=O)CCCOc1ccc(OC)cc1. The molecular formula is C30H35BrN2O4. The molecule has 37 heavy (non-hydrogen) atoms. The largest absolute Gasteiger partial charge is 0.497 e. The van der Waals surface area contributed by atoms with Crippen molar-refractivity contribution in [3.8, 4) is 11.5 Å². The molecule has 0 spiro atoms. The highest BCUT2D eigenvalue weighted by molar-refractivity contribution is 9.10. The van der Waals surface area contributed by atoms with Crippen molar-refractivity contribution in [1.82, 2.24) is 10.2 Å². The Morgan fingerprint density at radius 3 is 2.32 bits per heavy atom. The Hall–Kier alpha value is -3.32. The minimum atomic E-state index is -0.622. The van der Waals surface area contributed by atoms with E-state index in [1.807, 2.05) is 85.8 Å². The molecule has 1 atom stereocenters. The van der Waals surface area contributed by atoms with E-state index in [1.165, 1.54) is 0 Å². The Bertz CT molecular complexity index is 1120. The fourth-order valence-corrected chi connectivity index (χ4v) is 4.43. The number of nitrogens with zero attached hydrogens (tertiary/aromatic N) is 1. The second kappa shape index (κ2) is 15.1.